The van der Waals surface area contributed by atoms with E-state index in [0.29, 0.717) is 11.8 Å². The predicted molar refractivity (Wildman–Crippen MR) is 54.2 cm³/mol. The van der Waals surface area contributed by atoms with Crippen LogP contribution in [0.5, 0.6) is 0 Å². The SMILES string of the molecule is C[C@H](NC(=O)C1C2CCCCC21)C(=O)O. The fourth-order valence-electron chi connectivity index (χ4n) is 2.75. The second-order valence-electron chi connectivity index (χ2n) is 4.71. The molecular formula is C11H17NO3. The van der Waals surface area contributed by atoms with E-state index >= 15 is 0 Å². The molecule has 0 bridgehead atoms. The third-order valence-corrected chi connectivity index (χ3v) is 3.69. The summed E-state index contributed by atoms with van der Waals surface area (Å²) in [5.74, 6) is 0.169. The van der Waals surface area contributed by atoms with Crippen LogP contribution in [0, 0.1) is 17.8 Å². The number of amides is 1. The van der Waals surface area contributed by atoms with Crippen LogP contribution in [0.4, 0.5) is 0 Å². The normalized spacial score (nSPS) is 35.1. The molecule has 4 heteroatoms. The van der Waals surface area contributed by atoms with Gasteiger partial charge in [-0.25, -0.2) is 0 Å². The molecule has 0 heterocycles. The lowest BCUT2D eigenvalue weighted by Gasteiger charge is -2.08. The van der Waals surface area contributed by atoms with E-state index in [1.54, 1.807) is 0 Å². The highest BCUT2D eigenvalue weighted by atomic mass is 16.4. The Morgan fingerprint density at radius 2 is 1.80 bits per heavy atom. The molecular weight excluding hydrogens is 194 g/mol. The molecule has 2 unspecified atom stereocenters. The van der Waals surface area contributed by atoms with Gasteiger partial charge in [-0.15, -0.1) is 0 Å². The second-order valence-corrected chi connectivity index (χ2v) is 4.71. The van der Waals surface area contributed by atoms with E-state index in [1.807, 2.05) is 0 Å². The minimum atomic E-state index is -0.966. The summed E-state index contributed by atoms with van der Waals surface area (Å²) >= 11 is 0. The average molecular weight is 211 g/mol. The number of rotatable bonds is 3. The lowest BCUT2D eigenvalue weighted by molar-refractivity contribution is -0.141. The fraction of sp³-hybridized carbons (Fsp3) is 0.818. The molecule has 0 aliphatic heterocycles. The highest BCUT2D eigenvalue weighted by molar-refractivity contribution is 5.86. The first-order chi connectivity index (χ1) is 7.11. The number of aliphatic carboxylic acids is 1. The minimum Gasteiger partial charge on any atom is -0.480 e. The number of carbonyl (C=O) groups excluding carboxylic acids is 1. The van der Waals surface area contributed by atoms with Crippen LogP contribution in [-0.2, 0) is 9.59 Å². The third kappa shape index (κ3) is 1.98. The molecule has 0 radical (unpaired) electrons. The van der Waals surface area contributed by atoms with Gasteiger partial charge in [0.1, 0.15) is 6.04 Å². The standard InChI is InChI=1S/C11H17NO3/c1-6(11(14)15)12-10(13)9-7-4-2-3-5-8(7)9/h6-9H,2-5H2,1H3,(H,12,13)(H,14,15)/t6-,7?,8?,9?/m0/s1. The quantitative estimate of drug-likeness (QED) is 0.732. The molecule has 0 aromatic heterocycles. The summed E-state index contributed by atoms with van der Waals surface area (Å²) in [5, 5.41) is 11.2. The van der Waals surface area contributed by atoms with Gasteiger partial charge < -0.3 is 10.4 Å². The molecule has 2 aliphatic carbocycles. The van der Waals surface area contributed by atoms with Crippen molar-refractivity contribution in [3.63, 3.8) is 0 Å². The molecule has 0 aromatic rings. The molecule has 2 saturated carbocycles. The Bertz CT molecular complexity index is 278. The largest absolute Gasteiger partial charge is 0.480 e. The van der Waals surface area contributed by atoms with E-state index in [-0.39, 0.29) is 11.8 Å². The van der Waals surface area contributed by atoms with E-state index in [1.165, 1.54) is 19.8 Å². The first-order valence-electron chi connectivity index (χ1n) is 5.64. The molecule has 0 aromatic carbocycles. The first kappa shape index (κ1) is 10.5. The summed E-state index contributed by atoms with van der Waals surface area (Å²) in [6.07, 6.45) is 4.73. The maximum atomic E-state index is 11.7. The summed E-state index contributed by atoms with van der Waals surface area (Å²) < 4.78 is 0. The molecule has 2 fully saturated rings. The lowest BCUT2D eigenvalue weighted by atomic mass is 10.0. The second kappa shape index (κ2) is 3.83. The van der Waals surface area contributed by atoms with Gasteiger partial charge >= 0.3 is 5.97 Å². The molecule has 3 atom stereocenters. The third-order valence-electron chi connectivity index (χ3n) is 3.69. The van der Waals surface area contributed by atoms with Crippen molar-refractivity contribution in [2.75, 3.05) is 0 Å². The van der Waals surface area contributed by atoms with Crippen LogP contribution >= 0.6 is 0 Å². The van der Waals surface area contributed by atoms with Crippen LogP contribution < -0.4 is 5.32 Å². The maximum Gasteiger partial charge on any atom is 0.325 e. The van der Waals surface area contributed by atoms with Gasteiger partial charge in [0.2, 0.25) is 5.91 Å². The number of hydrogen-bond donors (Lipinski definition) is 2. The van der Waals surface area contributed by atoms with Crippen LogP contribution in [-0.4, -0.2) is 23.0 Å². The highest BCUT2D eigenvalue weighted by Crippen LogP contribution is 2.55. The van der Waals surface area contributed by atoms with Crippen molar-refractivity contribution in [1.82, 2.24) is 5.32 Å². The van der Waals surface area contributed by atoms with Gasteiger partial charge in [0.25, 0.3) is 0 Å². The Hall–Kier alpha value is -1.06. The van der Waals surface area contributed by atoms with Gasteiger partial charge in [-0.2, -0.15) is 0 Å². The average Bonchev–Trinajstić information content (AvgIpc) is 2.91. The Balaban J connectivity index is 1.85. The van der Waals surface area contributed by atoms with E-state index in [2.05, 4.69) is 5.32 Å². The van der Waals surface area contributed by atoms with Gasteiger partial charge in [0.15, 0.2) is 0 Å². The van der Waals surface area contributed by atoms with Crippen molar-refractivity contribution in [1.29, 1.82) is 0 Å². The Morgan fingerprint density at radius 1 is 1.27 bits per heavy atom. The molecule has 1 amide bonds. The molecule has 2 N–H and O–H groups in total. The summed E-state index contributed by atoms with van der Waals surface area (Å²) in [4.78, 5) is 22.3. The molecule has 0 saturated heterocycles. The van der Waals surface area contributed by atoms with Crippen molar-refractivity contribution in [2.24, 2.45) is 17.8 Å². The van der Waals surface area contributed by atoms with Gasteiger partial charge in [0.05, 0.1) is 0 Å². The number of carboxylic acid groups (broad SMARTS) is 1. The summed E-state index contributed by atoms with van der Waals surface area (Å²) in [6.45, 7) is 1.51. The molecule has 15 heavy (non-hydrogen) atoms. The Kier molecular flexibility index (Phi) is 2.67. The lowest BCUT2D eigenvalue weighted by Crippen LogP contribution is -2.39. The topological polar surface area (TPSA) is 66.4 Å². The van der Waals surface area contributed by atoms with Crippen LogP contribution in [0.25, 0.3) is 0 Å². The van der Waals surface area contributed by atoms with Gasteiger partial charge in [0, 0.05) is 5.92 Å². The Morgan fingerprint density at radius 3 is 2.27 bits per heavy atom. The van der Waals surface area contributed by atoms with E-state index in [0.717, 1.165) is 12.8 Å². The molecule has 0 spiro atoms. The van der Waals surface area contributed by atoms with Crippen molar-refractivity contribution >= 4 is 11.9 Å². The van der Waals surface area contributed by atoms with Crippen LogP contribution in [0.15, 0.2) is 0 Å². The molecule has 2 rings (SSSR count). The van der Waals surface area contributed by atoms with Crippen molar-refractivity contribution in [2.45, 2.75) is 38.6 Å². The monoisotopic (exact) mass is 211 g/mol. The van der Waals surface area contributed by atoms with Gasteiger partial charge in [-0.3, -0.25) is 9.59 Å². The number of carbonyl (C=O) groups is 2. The number of carboxylic acids is 1. The number of hydrogen-bond acceptors (Lipinski definition) is 2. The number of nitrogens with one attached hydrogen (secondary N) is 1. The Labute approximate surface area is 89.0 Å². The minimum absolute atomic E-state index is 0.0539. The van der Waals surface area contributed by atoms with Crippen LogP contribution in [0.2, 0.25) is 0 Å². The fourth-order valence-corrected chi connectivity index (χ4v) is 2.75. The summed E-state index contributed by atoms with van der Waals surface area (Å²) in [7, 11) is 0. The molecule has 84 valence electrons. The van der Waals surface area contributed by atoms with Crippen LogP contribution in [0.3, 0.4) is 0 Å². The zero-order valence-electron chi connectivity index (χ0n) is 8.90. The summed E-state index contributed by atoms with van der Waals surface area (Å²) in [5.41, 5.74) is 0. The zero-order valence-corrected chi connectivity index (χ0v) is 8.90. The van der Waals surface area contributed by atoms with Crippen molar-refractivity contribution < 1.29 is 14.7 Å². The van der Waals surface area contributed by atoms with Crippen molar-refractivity contribution in [3.05, 3.63) is 0 Å². The van der Waals surface area contributed by atoms with E-state index in [4.69, 9.17) is 5.11 Å². The first-order valence-corrected chi connectivity index (χ1v) is 5.64. The van der Waals surface area contributed by atoms with Crippen LogP contribution in [0.1, 0.15) is 32.6 Å². The molecule has 2 aliphatic rings. The number of fused-ring (bicyclic) bond motifs is 1. The smallest absolute Gasteiger partial charge is 0.325 e. The highest BCUT2D eigenvalue weighted by Gasteiger charge is 2.54. The zero-order chi connectivity index (χ0) is 11.0. The van der Waals surface area contributed by atoms with E-state index in [9.17, 15) is 9.59 Å². The van der Waals surface area contributed by atoms with Gasteiger partial charge in [-0.05, 0) is 31.6 Å². The molecule has 4 nitrogen and oxygen atoms in total. The van der Waals surface area contributed by atoms with Gasteiger partial charge in [-0.1, -0.05) is 12.8 Å². The van der Waals surface area contributed by atoms with E-state index < -0.39 is 12.0 Å². The predicted octanol–water partition coefficient (Wildman–Crippen LogP) is 1.01. The maximum absolute atomic E-state index is 11.7. The van der Waals surface area contributed by atoms with Crippen molar-refractivity contribution in [3.8, 4) is 0 Å². The summed E-state index contributed by atoms with van der Waals surface area (Å²) in [6, 6.07) is -0.764.